The molecular weight excluding hydrogens is 225 g/mol. The average molecular weight is 246 g/mol. The van der Waals surface area contributed by atoms with Crippen molar-refractivity contribution in [2.75, 3.05) is 0 Å². The first kappa shape index (κ1) is 16.0. The van der Waals surface area contributed by atoms with E-state index in [0.29, 0.717) is 6.42 Å². The van der Waals surface area contributed by atoms with Crippen molar-refractivity contribution in [2.24, 2.45) is 0 Å². The van der Waals surface area contributed by atoms with E-state index in [1.165, 1.54) is 12.2 Å². The molecule has 0 aromatic heterocycles. The number of alkyl halides is 3. The maximum Gasteiger partial charge on any atom is 0.412 e. The van der Waals surface area contributed by atoms with Gasteiger partial charge in [0.2, 0.25) is 0 Å². The van der Waals surface area contributed by atoms with Crippen LogP contribution in [0.1, 0.15) is 46.0 Å². The van der Waals surface area contributed by atoms with Crippen molar-refractivity contribution < 1.29 is 13.2 Å². The Kier molecular flexibility index (Phi) is 7.68. The van der Waals surface area contributed by atoms with Crippen LogP contribution in [-0.2, 0) is 0 Å². The number of allylic oxidation sites excluding steroid dienone is 5. The normalized spacial score (nSPS) is 13.9. The van der Waals surface area contributed by atoms with Crippen molar-refractivity contribution in [3.05, 3.63) is 36.0 Å². The van der Waals surface area contributed by atoms with Crippen LogP contribution in [0.2, 0.25) is 0 Å². The Morgan fingerprint density at radius 2 is 1.71 bits per heavy atom. The fourth-order valence-corrected chi connectivity index (χ4v) is 1.44. The van der Waals surface area contributed by atoms with Gasteiger partial charge in [-0.2, -0.15) is 13.2 Å². The summed E-state index contributed by atoms with van der Waals surface area (Å²) in [5.41, 5.74) is 0.403. The molecule has 0 amide bonds. The van der Waals surface area contributed by atoms with E-state index in [1.54, 1.807) is 6.08 Å². The highest BCUT2D eigenvalue weighted by Gasteiger charge is 2.32. The van der Waals surface area contributed by atoms with Gasteiger partial charge < -0.3 is 0 Å². The third kappa shape index (κ3) is 7.03. The second kappa shape index (κ2) is 8.15. The van der Waals surface area contributed by atoms with Crippen LogP contribution in [0, 0.1) is 0 Å². The topological polar surface area (TPSA) is 0 Å². The summed E-state index contributed by atoms with van der Waals surface area (Å²) in [4.78, 5) is 0. The minimum Gasteiger partial charge on any atom is -0.166 e. The zero-order valence-electron chi connectivity index (χ0n) is 10.6. The lowest BCUT2D eigenvalue weighted by atomic mass is 10.1. The molecule has 0 aliphatic carbocycles. The van der Waals surface area contributed by atoms with Gasteiger partial charge in [-0.05, 0) is 24.8 Å². The summed E-state index contributed by atoms with van der Waals surface area (Å²) in [7, 11) is 0. The maximum absolute atomic E-state index is 12.7. The van der Waals surface area contributed by atoms with Crippen molar-refractivity contribution >= 4 is 0 Å². The Hall–Kier alpha value is -0.990. The van der Waals surface area contributed by atoms with Gasteiger partial charge in [0.25, 0.3) is 0 Å². The molecule has 0 radical (unpaired) electrons. The highest BCUT2D eigenvalue weighted by Crippen LogP contribution is 2.29. The van der Waals surface area contributed by atoms with Crippen molar-refractivity contribution in [1.82, 2.24) is 0 Å². The Morgan fingerprint density at radius 3 is 2.12 bits per heavy atom. The first-order chi connectivity index (χ1) is 7.95. The third-order valence-corrected chi connectivity index (χ3v) is 2.46. The molecule has 0 aromatic carbocycles. The van der Waals surface area contributed by atoms with Crippen LogP contribution < -0.4 is 0 Å². The van der Waals surface area contributed by atoms with Crippen LogP contribution in [0.15, 0.2) is 36.0 Å². The minimum atomic E-state index is -4.22. The van der Waals surface area contributed by atoms with Gasteiger partial charge >= 0.3 is 6.18 Å². The monoisotopic (exact) mass is 246 g/mol. The number of rotatable bonds is 7. The number of unbranched alkanes of at least 4 members (excludes halogenated alkanes) is 1. The largest absolute Gasteiger partial charge is 0.412 e. The van der Waals surface area contributed by atoms with E-state index >= 15 is 0 Å². The van der Waals surface area contributed by atoms with Crippen LogP contribution in [0.4, 0.5) is 13.2 Å². The summed E-state index contributed by atoms with van der Waals surface area (Å²) in [5, 5.41) is 0. The van der Waals surface area contributed by atoms with Gasteiger partial charge in [0.1, 0.15) is 0 Å². The smallest absolute Gasteiger partial charge is 0.166 e. The van der Waals surface area contributed by atoms with E-state index in [9.17, 15) is 13.2 Å². The highest BCUT2D eigenvalue weighted by atomic mass is 19.4. The molecular formula is C14H21F3. The lowest BCUT2D eigenvalue weighted by Crippen LogP contribution is -2.11. The predicted octanol–water partition coefficient (Wildman–Crippen LogP) is 5.58. The second-order valence-electron chi connectivity index (χ2n) is 3.99. The van der Waals surface area contributed by atoms with Gasteiger partial charge in [0.05, 0.1) is 0 Å². The van der Waals surface area contributed by atoms with Crippen molar-refractivity contribution in [3.63, 3.8) is 0 Å². The molecule has 17 heavy (non-hydrogen) atoms. The van der Waals surface area contributed by atoms with E-state index in [1.807, 2.05) is 13.8 Å². The molecule has 0 aliphatic rings. The SMILES string of the molecule is C=C/C(=C\C=C(/CCCC)C(F)(F)F)CCC. The fraction of sp³-hybridized carbons (Fsp3) is 0.571. The number of hydrogen-bond donors (Lipinski definition) is 0. The molecule has 98 valence electrons. The molecule has 0 N–H and O–H groups in total. The molecule has 0 rings (SSSR count). The summed E-state index contributed by atoms with van der Waals surface area (Å²) in [6.07, 6.45) is 3.22. The van der Waals surface area contributed by atoms with Gasteiger partial charge in [-0.25, -0.2) is 0 Å². The van der Waals surface area contributed by atoms with Gasteiger partial charge in [-0.15, -0.1) is 0 Å². The van der Waals surface area contributed by atoms with E-state index in [2.05, 4.69) is 6.58 Å². The van der Waals surface area contributed by atoms with Gasteiger partial charge in [-0.1, -0.05) is 51.5 Å². The van der Waals surface area contributed by atoms with Crippen molar-refractivity contribution in [1.29, 1.82) is 0 Å². The van der Waals surface area contributed by atoms with E-state index < -0.39 is 11.7 Å². The summed E-state index contributed by atoms with van der Waals surface area (Å²) >= 11 is 0. The molecule has 0 aliphatic heterocycles. The first-order valence-electron chi connectivity index (χ1n) is 6.05. The first-order valence-corrected chi connectivity index (χ1v) is 6.05. The van der Waals surface area contributed by atoms with Crippen molar-refractivity contribution in [2.45, 2.75) is 52.1 Å². The van der Waals surface area contributed by atoms with Crippen LogP contribution in [-0.4, -0.2) is 6.18 Å². The highest BCUT2D eigenvalue weighted by molar-refractivity contribution is 5.26. The third-order valence-electron chi connectivity index (χ3n) is 2.46. The number of halogens is 3. The Bertz CT molecular complexity index is 282. The predicted molar refractivity (Wildman–Crippen MR) is 66.9 cm³/mol. The molecule has 3 heteroatoms. The minimum absolute atomic E-state index is 0.0903. The van der Waals surface area contributed by atoms with Gasteiger partial charge in [0, 0.05) is 5.57 Å². The molecule has 0 fully saturated rings. The lowest BCUT2D eigenvalue weighted by Gasteiger charge is -2.10. The van der Waals surface area contributed by atoms with E-state index in [0.717, 1.165) is 24.8 Å². The molecule has 0 saturated heterocycles. The molecule has 0 atom stereocenters. The van der Waals surface area contributed by atoms with E-state index in [4.69, 9.17) is 0 Å². The summed E-state index contributed by atoms with van der Waals surface area (Å²) in [6.45, 7) is 7.48. The van der Waals surface area contributed by atoms with Crippen LogP contribution in [0.3, 0.4) is 0 Å². The fourth-order valence-electron chi connectivity index (χ4n) is 1.44. The standard InChI is InChI=1S/C14H21F3/c1-4-7-9-13(14(15,16)17)11-10-12(6-3)8-5-2/h6,10-11H,3-5,7-9H2,1-2H3/b12-10+,13-11+. The molecule has 0 nitrogen and oxygen atoms in total. The molecule has 0 heterocycles. The quantitative estimate of drug-likeness (QED) is 0.514. The lowest BCUT2D eigenvalue weighted by molar-refractivity contribution is -0.0941. The Morgan fingerprint density at radius 1 is 1.06 bits per heavy atom. The summed E-state index contributed by atoms with van der Waals surface area (Å²) in [5.74, 6) is 0. The zero-order valence-corrected chi connectivity index (χ0v) is 10.6. The molecule has 0 aromatic rings. The van der Waals surface area contributed by atoms with Gasteiger partial charge in [0.15, 0.2) is 0 Å². The van der Waals surface area contributed by atoms with Crippen LogP contribution >= 0.6 is 0 Å². The molecule has 0 unspecified atom stereocenters. The summed E-state index contributed by atoms with van der Waals surface area (Å²) < 4.78 is 38.0. The van der Waals surface area contributed by atoms with Crippen LogP contribution in [0.5, 0.6) is 0 Å². The molecule has 0 spiro atoms. The molecule has 0 saturated carbocycles. The molecule has 0 bridgehead atoms. The maximum atomic E-state index is 12.7. The zero-order chi connectivity index (χ0) is 13.3. The Labute approximate surface area is 102 Å². The number of hydrogen-bond acceptors (Lipinski definition) is 0. The van der Waals surface area contributed by atoms with Crippen LogP contribution in [0.25, 0.3) is 0 Å². The Balaban J connectivity index is 4.84. The summed E-state index contributed by atoms with van der Waals surface area (Å²) in [6, 6.07) is 0. The second-order valence-corrected chi connectivity index (χ2v) is 3.99. The average Bonchev–Trinajstić information content (AvgIpc) is 2.25. The van der Waals surface area contributed by atoms with Gasteiger partial charge in [-0.3, -0.25) is 0 Å². The van der Waals surface area contributed by atoms with Crippen molar-refractivity contribution in [3.8, 4) is 0 Å². The van der Waals surface area contributed by atoms with E-state index in [-0.39, 0.29) is 6.42 Å².